The molecule has 0 spiro atoms. The number of imidazole rings is 1. The fraction of sp³-hybridized carbons (Fsp3) is 0.480. The molecule has 4 rings (SSSR count). The molecule has 170 valence electrons. The molecule has 1 fully saturated rings. The lowest BCUT2D eigenvalue weighted by atomic mass is 9.99. The van der Waals surface area contributed by atoms with Gasteiger partial charge >= 0.3 is 5.97 Å². The van der Waals surface area contributed by atoms with Crippen molar-refractivity contribution in [3.05, 3.63) is 52.0 Å². The molecule has 1 aliphatic carbocycles. The van der Waals surface area contributed by atoms with E-state index in [2.05, 4.69) is 27.4 Å². The van der Waals surface area contributed by atoms with Crippen molar-refractivity contribution in [1.29, 1.82) is 0 Å². The van der Waals surface area contributed by atoms with E-state index in [1.807, 2.05) is 19.9 Å². The van der Waals surface area contributed by atoms with Gasteiger partial charge in [-0.05, 0) is 54.8 Å². The van der Waals surface area contributed by atoms with Crippen molar-refractivity contribution in [1.82, 2.24) is 14.9 Å². The van der Waals surface area contributed by atoms with Crippen LogP contribution in [-0.2, 0) is 11.2 Å². The lowest BCUT2D eigenvalue weighted by Crippen LogP contribution is -2.41. The van der Waals surface area contributed by atoms with Gasteiger partial charge in [0.1, 0.15) is 11.9 Å². The van der Waals surface area contributed by atoms with Crippen LogP contribution >= 0.6 is 11.3 Å². The summed E-state index contributed by atoms with van der Waals surface area (Å²) in [5.41, 5.74) is 2.30. The van der Waals surface area contributed by atoms with Crippen LogP contribution in [0.5, 0.6) is 0 Å². The molecule has 0 saturated heterocycles. The minimum atomic E-state index is -0.997. The number of nitrogens with one attached hydrogen (secondary N) is 1. The van der Waals surface area contributed by atoms with Crippen molar-refractivity contribution in [2.24, 2.45) is 5.92 Å². The molecule has 3 aromatic rings. The third-order valence-electron chi connectivity index (χ3n) is 6.57. The molecule has 1 aromatic carbocycles. The number of fused-ring (bicyclic) bond motifs is 1. The number of benzene rings is 1. The van der Waals surface area contributed by atoms with E-state index in [1.54, 1.807) is 23.5 Å². The lowest BCUT2D eigenvalue weighted by Gasteiger charge is -2.18. The Morgan fingerprint density at radius 2 is 2.06 bits per heavy atom. The highest BCUT2D eigenvalue weighted by atomic mass is 32.1. The monoisotopic (exact) mass is 453 g/mol. The van der Waals surface area contributed by atoms with Gasteiger partial charge in [-0.15, -0.1) is 11.3 Å². The predicted octanol–water partition coefficient (Wildman–Crippen LogP) is 5.42. The zero-order chi connectivity index (χ0) is 22.7. The molecule has 2 N–H and O–H groups in total. The predicted molar refractivity (Wildman–Crippen MR) is 127 cm³/mol. The number of hydrogen-bond donors (Lipinski definition) is 2. The number of hydrogen-bond acceptors (Lipinski definition) is 4. The number of thiophene rings is 1. The standard InChI is InChI=1S/C25H31N3O3S/c1-3-16(2)13-21(25(30)31)27-24(29)17-10-11-22-20(14-17)26-23(15-19-9-6-12-32-19)28(22)18-7-4-5-8-18/h6,9-12,14,16,18,21H,3-5,7-8,13,15H2,1-2H3,(H,27,29)(H,30,31). The third-order valence-corrected chi connectivity index (χ3v) is 7.44. The quantitative estimate of drug-likeness (QED) is 0.453. The number of carboxylic acids is 1. The molecule has 0 radical (unpaired) electrons. The van der Waals surface area contributed by atoms with Crippen LogP contribution in [0.15, 0.2) is 35.7 Å². The normalized spacial score (nSPS) is 16.3. The summed E-state index contributed by atoms with van der Waals surface area (Å²) in [4.78, 5) is 30.7. The number of aliphatic carboxylic acids is 1. The van der Waals surface area contributed by atoms with Gasteiger partial charge in [0.05, 0.1) is 11.0 Å². The van der Waals surface area contributed by atoms with Crippen molar-refractivity contribution in [3.8, 4) is 0 Å². The van der Waals surface area contributed by atoms with Crippen LogP contribution in [0.3, 0.4) is 0 Å². The summed E-state index contributed by atoms with van der Waals surface area (Å²) in [5, 5.41) is 14.3. The van der Waals surface area contributed by atoms with Crippen LogP contribution in [0.4, 0.5) is 0 Å². The number of carbonyl (C=O) groups excluding carboxylic acids is 1. The van der Waals surface area contributed by atoms with E-state index in [0.717, 1.165) is 42.5 Å². The summed E-state index contributed by atoms with van der Waals surface area (Å²) in [6.07, 6.45) is 6.84. The number of amides is 1. The molecule has 6 nitrogen and oxygen atoms in total. The molecule has 2 aromatic heterocycles. The van der Waals surface area contributed by atoms with Gasteiger partial charge in [0.25, 0.3) is 5.91 Å². The second-order valence-corrected chi connectivity index (χ2v) is 9.94. The molecule has 1 amide bonds. The van der Waals surface area contributed by atoms with E-state index in [0.29, 0.717) is 18.0 Å². The van der Waals surface area contributed by atoms with E-state index in [9.17, 15) is 14.7 Å². The molecular weight excluding hydrogens is 422 g/mol. The Kier molecular flexibility index (Phi) is 6.94. The minimum Gasteiger partial charge on any atom is -0.480 e. The highest BCUT2D eigenvalue weighted by molar-refractivity contribution is 7.09. The second kappa shape index (κ2) is 9.86. The van der Waals surface area contributed by atoms with Crippen molar-refractivity contribution in [2.75, 3.05) is 0 Å². The Balaban J connectivity index is 1.63. The van der Waals surface area contributed by atoms with Gasteiger partial charge in [0, 0.05) is 22.9 Å². The molecule has 0 aliphatic heterocycles. The smallest absolute Gasteiger partial charge is 0.326 e. The number of nitrogens with zero attached hydrogens (tertiary/aromatic N) is 2. The molecule has 1 saturated carbocycles. The van der Waals surface area contributed by atoms with Gasteiger partial charge in [-0.1, -0.05) is 39.2 Å². The summed E-state index contributed by atoms with van der Waals surface area (Å²) in [5.74, 6) is -0.103. The van der Waals surface area contributed by atoms with Crippen molar-refractivity contribution >= 4 is 34.2 Å². The highest BCUT2D eigenvalue weighted by Crippen LogP contribution is 2.35. The molecular formula is C25H31N3O3S. The Morgan fingerprint density at radius 1 is 1.28 bits per heavy atom. The van der Waals surface area contributed by atoms with Gasteiger partial charge in [0.15, 0.2) is 0 Å². The fourth-order valence-corrected chi connectivity index (χ4v) is 5.29. The van der Waals surface area contributed by atoms with Gasteiger partial charge in [-0.3, -0.25) is 4.79 Å². The lowest BCUT2D eigenvalue weighted by molar-refractivity contribution is -0.139. The van der Waals surface area contributed by atoms with E-state index in [1.165, 1.54) is 17.7 Å². The third kappa shape index (κ3) is 4.88. The molecule has 7 heteroatoms. The zero-order valence-corrected chi connectivity index (χ0v) is 19.5. The second-order valence-electron chi connectivity index (χ2n) is 8.91. The Hall–Kier alpha value is -2.67. The van der Waals surface area contributed by atoms with Gasteiger partial charge in [0.2, 0.25) is 0 Å². The SMILES string of the molecule is CCC(C)CC(NC(=O)c1ccc2c(c1)nc(Cc1cccs1)n2C1CCCC1)C(=O)O. The molecule has 32 heavy (non-hydrogen) atoms. The maximum absolute atomic E-state index is 12.9. The Labute approximate surface area is 192 Å². The summed E-state index contributed by atoms with van der Waals surface area (Å²) in [6, 6.07) is 9.31. The number of rotatable bonds is 9. The Morgan fingerprint density at radius 3 is 2.72 bits per heavy atom. The first kappa shape index (κ1) is 22.5. The number of aromatic nitrogens is 2. The van der Waals surface area contributed by atoms with Crippen LogP contribution < -0.4 is 5.32 Å². The van der Waals surface area contributed by atoms with Crippen molar-refractivity contribution < 1.29 is 14.7 Å². The van der Waals surface area contributed by atoms with Gasteiger partial charge in [-0.25, -0.2) is 9.78 Å². The molecule has 2 unspecified atom stereocenters. The summed E-state index contributed by atoms with van der Waals surface area (Å²) < 4.78 is 2.37. The van der Waals surface area contributed by atoms with Gasteiger partial charge < -0.3 is 15.0 Å². The zero-order valence-electron chi connectivity index (χ0n) is 18.7. The van der Waals surface area contributed by atoms with Crippen LogP contribution in [-0.4, -0.2) is 32.6 Å². The van der Waals surface area contributed by atoms with E-state index in [4.69, 9.17) is 4.98 Å². The topological polar surface area (TPSA) is 84.2 Å². The molecule has 1 aliphatic rings. The maximum atomic E-state index is 12.9. The first-order chi connectivity index (χ1) is 15.5. The molecule has 2 atom stereocenters. The largest absolute Gasteiger partial charge is 0.480 e. The van der Waals surface area contributed by atoms with Gasteiger partial charge in [-0.2, -0.15) is 0 Å². The molecule has 2 heterocycles. The van der Waals surface area contributed by atoms with E-state index in [-0.39, 0.29) is 11.8 Å². The first-order valence-electron chi connectivity index (χ1n) is 11.5. The first-order valence-corrected chi connectivity index (χ1v) is 12.4. The Bertz CT molecular complexity index is 1080. The number of carbonyl (C=O) groups is 2. The van der Waals surface area contributed by atoms with Crippen molar-refractivity contribution in [3.63, 3.8) is 0 Å². The minimum absolute atomic E-state index is 0.223. The van der Waals surface area contributed by atoms with Crippen LogP contribution in [0, 0.1) is 5.92 Å². The van der Waals surface area contributed by atoms with Crippen LogP contribution in [0.25, 0.3) is 11.0 Å². The summed E-state index contributed by atoms with van der Waals surface area (Å²) >= 11 is 1.73. The number of carboxylic acid groups (broad SMARTS) is 1. The summed E-state index contributed by atoms with van der Waals surface area (Å²) in [7, 11) is 0. The highest BCUT2D eigenvalue weighted by Gasteiger charge is 2.25. The maximum Gasteiger partial charge on any atom is 0.326 e. The fourth-order valence-electron chi connectivity index (χ4n) is 4.59. The van der Waals surface area contributed by atoms with Crippen LogP contribution in [0.1, 0.15) is 79.5 Å². The van der Waals surface area contributed by atoms with E-state index < -0.39 is 12.0 Å². The molecule has 0 bridgehead atoms. The van der Waals surface area contributed by atoms with E-state index >= 15 is 0 Å². The summed E-state index contributed by atoms with van der Waals surface area (Å²) in [6.45, 7) is 4.02. The average Bonchev–Trinajstić information content (AvgIpc) is 3.53. The average molecular weight is 454 g/mol. The van der Waals surface area contributed by atoms with Crippen molar-refractivity contribution in [2.45, 2.75) is 70.9 Å². The van der Waals surface area contributed by atoms with Crippen LogP contribution in [0.2, 0.25) is 0 Å².